The molecule has 1 fully saturated rings. The van der Waals surface area contributed by atoms with Crippen molar-refractivity contribution >= 4 is 51.5 Å². The Hall–Kier alpha value is -4.24. The highest BCUT2D eigenvalue weighted by Crippen LogP contribution is 2.62. The zero-order valence-electron chi connectivity index (χ0n) is 33.9. The van der Waals surface area contributed by atoms with E-state index >= 15 is 0 Å². The van der Waals surface area contributed by atoms with Gasteiger partial charge in [-0.1, -0.05) is 130 Å². The van der Waals surface area contributed by atoms with Crippen LogP contribution in [0.25, 0.3) is 11.1 Å². The number of fused-ring (bicyclic) bond motifs is 10. The van der Waals surface area contributed by atoms with Gasteiger partial charge in [-0.25, -0.2) is 0 Å². The fourth-order valence-corrected chi connectivity index (χ4v) is 11.5. The van der Waals surface area contributed by atoms with Crippen molar-refractivity contribution in [1.82, 2.24) is 0 Å². The molecule has 2 aliphatic carbocycles. The van der Waals surface area contributed by atoms with E-state index in [1.165, 1.54) is 109 Å². The molecular formula is C50H55BN2. The van der Waals surface area contributed by atoms with Crippen molar-refractivity contribution in [3.63, 3.8) is 0 Å². The molecule has 3 aliphatic heterocycles. The molecule has 0 N–H and O–H groups in total. The molecule has 10 rings (SSSR count). The summed E-state index contributed by atoms with van der Waals surface area (Å²) >= 11 is 0. The van der Waals surface area contributed by atoms with Gasteiger partial charge in [-0.2, -0.15) is 0 Å². The van der Waals surface area contributed by atoms with Crippen molar-refractivity contribution in [3.05, 3.63) is 118 Å². The van der Waals surface area contributed by atoms with E-state index in [0.717, 1.165) is 0 Å². The number of hydrogen-bond donors (Lipinski definition) is 0. The SMILES string of the molecule is Cc1cc2c3c(c1)N1c4c(cc(C(C)(C)C)cc4C4(C)CCCCC14C)B3c1cc3c(cc1N2c1ccc(C(C)(C)C)cc1)C(C)(C)c1ccccc1-3. The Morgan fingerprint density at radius 1 is 0.604 bits per heavy atom. The molecule has 0 radical (unpaired) electrons. The van der Waals surface area contributed by atoms with E-state index in [9.17, 15) is 0 Å². The summed E-state index contributed by atoms with van der Waals surface area (Å²) in [4.78, 5) is 5.52. The molecule has 268 valence electrons. The summed E-state index contributed by atoms with van der Waals surface area (Å²) in [5.74, 6) is 0. The van der Waals surface area contributed by atoms with Crippen LogP contribution in [0.4, 0.5) is 28.4 Å². The van der Waals surface area contributed by atoms with Gasteiger partial charge >= 0.3 is 0 Å². The van der Waals surface area contributed by atoms with Gasteiger partial charge in [0.15, 0.2) is 0 Å². The fraction of sp³-hybridized carbons (Fsp3) is 0.400. The predicted octanol–water partition coefficient (Wildman–Crippen LogP) is 11.3. The Bertz CT molecular complexity index is 2400. The number of rotatable bonds is 1. The Morgan fingerprint density at radius 3 is 2.00 bits per heavy atom. The molecule has 0 bridgehead atoms. The van der Waals surface area contributed by atoms with E-state index in [4.69, 9.17) is 0 Å². The van der Waals surface area contributed by atoms with Crippen LogP contribution in [-0.4, -0.2) is 12.3 Å². The summed E-state index contributed by atoms with van der Waals surface area (Å²) in [5, 5.41) is 0. The highest BCUT2D eigenvalue weighted by Gasteiger charge is 2.61. The van der Waals surface area contributed by atoms with Crippen LogP contribution in [0.15, 0.2) is 84.9 Å². The van der Waals surface area contributed by atoms with E-state index in [1.807, 2.05) is 0 Å². The summed E-state index contributed by atoms with van der Waals surface area (Å²) in [5.41, 5.74) is 22.8. The maximum absolute atomic E-state index is 2.88. The summed E-state index contributed by atoms with van der Waals surface area (Å²) in [6.45, 7) is 26.7. The molecule has 2 nitrogen and oxygen atoms in total. The minimum absolute atomic E-state index is 0.00569. The molecular weight excluding hydrogens is 639 g/mol. The lowest BCUT2D eigenvalue weighted by molar-refractivity contribution is 0.195. The topological polar surface area (TPSA) is 6.48 Å². The van der Waals surface area contributed by atoms with E-state index in [0.29, 0.717) is 0 Å². The van der Waals surface area contributed by atoms with Gasteiger partial charge in [0.05, 0.1) is 5.54 Å². The number of benzene rings is 5. The molecule has 2 unspecified atom stereocenters. The van der Waals surface area contributed by atoms with E-state index in [2.05, 4.69) is 171 Å². The maximum atomic E-state index is 2.88. The molecule has 0 aromatic heterocycles. The predicted molar refractivity (Wildman–Crippen MR) is 228 cm³/mol. The Morgan fingerprint density at radius 2 is 1.28 bits per heavy atom. The second kappa shape index (κ2) is 10.3. The van der Waals surface area contributed by atoms with Gasteiger partial charge in [0.2, 0.25) is 0 Å². The van der Waals surface area contributed by atoms with Gasteiger partial charge in [-0.3, -0.25) is 0 Å². The molecule has 0 amide bonds. The van der Waals surface area contributed by atoms with E-state index in [-0.39, 0.29) is 33.9 Å². The molecule has 3 heteroatoms. The van der Waals surface area contributed by atoms with Crippen LogP contribution >= 0.6 is 0 Å². The minimum atomic E-state index is -0.0869. The van der Waals surface area contributed by atoms with Gasteiger partial charge in [0.1, 0.15) is 0 Å². The molecule has 53 heavy (non-hydrogen) atoms. The molecule has 0 spiro atoms. The van der Waals surface area contributed by atoms with Gasteiger partial charge < -0.3 is 9.80 Å². The Balaban J connectivity index is 1.34. The molecule has 5 aromatic rings. The highest BCUT2D eigenvalue weighted by molar-refractivity contribution is 7.00. The first kappa shape index (κ1) is 33.3. The fourth-order valence-electron chi connectivity index (χ4n) is 11.5. The smallest absolute Gasteiger partial charge is 0.252 e. The van der Waals surface area contributed by atoms with Gasteiger partial charge in [-0.05, 0) is 129 Å². The molecule has 1 saturated carbocycles. The summed E-state index contributed by atoms with van der Waals surface area (Å²) in [7, 11) is 0. The zero-order chi connectivity index (χ0) is 37.2. The van der Waals surface area contributed by atoms with Crippen LogP contribution in [0, 0.1) is 6.92 Å². The lowest BCUT2D eigenvalue weighted by Crippen LogP contribution is -2.64. The van der Waals surface area contributed by atoms with E-state index in [1.54, 1.807) is 5.56 Å². The number of hydrogen-bond acceptors (Lipinski definition) is 2. The highest BCUT2D eigenvalue weighted by atomic mass is 15.3. The van der Waals surface area contributed by atoms with Crippen molar-refractivity contribution < 1.29 is 0 Å². The summed E-state index contributed by atoms with van der Waals surface area (Å²) in [6, 6.07) is 34.2. The van der Waals surface area contributed by atoms with Crippen LogP contribution < -0.4 is 26.2 Å². The van der Waals surface area contributed by atoms with Crippen LogP contribution in [0.2, 0.25) is 0 Å². The summed E-state index contributed by atoms with van der Waals surface area (Å²) < 4.78 is 0. The van der Waals surface area contributed by atoms with Crippen LogP contribution in [0.1, 0.15) is 128 Å². The van der Waals surface area contributed by atoms with Crippen molar-refractivity contribution in [2.24, 2.45) is 0 Å². The van der Waals surface area contributed by atoms with Crippen LogP contribution in [-0.2, 0) is 21.7 Å². The van der Waals surface area contributed by atoms with Crippen LogP contribution in [0.3, 0.4) is 0 Å². The third-order valence-electron chi connectivity index (χ3n) is 14.7. The van der Waals surface area contributed by atoms with Crippen molar-refractivity contribution in [2.45, 2.75) is 129 Å². The normalized spacial score (nSPS) is 22.9. The molecule has 5 aliphatic rings. The first-order valence-electron chi connectivity index (χ1n) is 20.3. The molecule has 0 saturated heterocycles. The quantitative estimate of drug-likeness (QED) is 0.158. The molecule has 2 atom stereocenters. The zero-order valence-corrected chi connectivity index (χ0v) is 33.9. The second-order valence-electron chi connectivity index (χ2n) is 20.3. The Labute approximate surface area is 318 Å². The van der Waals surface area contributed by atoms with Crippen molar-refractivity contribution in [2.75, 3.05) is 9.80 Å². The Kier molecular flexibility index (Phi) is 6.47. The number of nitrogens with zero attached hydrogens (tertiary/aromatic N) is 2. The first-order valence-corrected chi connectivity index (χ1v) is 20.3. The largest absolute Gasteiger partial charge is 0.335 e. The lowest BCUT2D eigenvalue weighted by atomic mass is 9.33. The standard InChI is InChI=1S/C50H55BN2/c1-30-24-42-44-43(25-30)53-45-38(49(10)22-14-15-23-50(49,53)11)26-32(47(5,6)7)27-40(45)51(44)39-28-35-34-16-12-13-17-36(34)48(8,9)37(35)29-41(39)52(42)33-20-18-31(19-21-33)46(2,3)4/h12-13,16-21,24-29H,14-15,22-23H2,1-11H3. The number of aryl methyl sites for hydroxylation is 1. The first-order chi connectivity index (χ1) is 24.9. The lowest BCUT2D eigenvalue weighted by Gasteiger charge is -2.53. The second-order valence-corrected chi connectivity index (χ2v) is 20.3. The third kappa shape index (κ3) is 4.18. The average Bonchev–Trinajstić information content (AvgIpc) is 3.45. The minimum Gasteiger partial charge on any atom is -0.335 e. The average molecular weight is 695 g/mol. The van der Waals surface area contributed by atoms with Crippen molar-refractivity contribution in [3.8, 4) is 11.1 Å². The third-order valence-corrected chi connectivity index (χ3v) is 14.7. The summed E-state index contributed by atoms with van der Waals surface area (Å²) in [6.07, 6.45) is 5.03. The van der Waals surface area contributed by atoms with Gasteiger partial charge in [0, 0.05) is 39.3 Å². The molecule has 3 heterocycles. The van der Waals surface area contributed by atoms with Gasteiger partial charge in [0.25, 0.3) is 6.71 Å². The van der Waals surface area contributed by atoms with E-state index < -0.39 is 0 Å². The van der Waals surface area contributed by atoms with Crippen molar-refractivity contribution in [1.29, 1.82) is 0 Å². The van der Waals surface area contributed by atoms with Gasteiger partial charge in [-0.15, -0.1) is 0 Å². The molecule has 5 aromatic carbocycles. The van der Waals surface area contributed by atoms with Crippen LogP contribution in [0.5, 0.6) is 0 Å². The maximum Gasteiger partial charge on any atom is 0.252 e. The number of anilines is 5. The monoisotopic (exact) mass is 694 g/mol.